The van der Waals surface area contributed by atoms with Crippen LogP contribution in [0.2, 0.25) is 0 Å². The molecule has 0 amide bonds. The summed E-state index contributed by atoms with van der Waals surface area (Å²) in [4.78, 5) is 34.5. The summed E-state index contributed by atoms with van der Waals surface area (Å²) < 4.78 is 15.8. The van der Waals surface area contributed by atoms with Gasteiger partial charge in [-0.25, -0.2) is 14.4 Å². The molecule has 2 N–H and O–H groups in total. The average molecular weight is 442 g/mol. The Bertz CT molecular complexity index is 962. The molecule has 0 spiro atoms. The zero-order valence-electron chi connectivity index (χ0n) is 17.8. The molecule has 0 aliphatic heterocycles. The Balaban J connectivity index is 1.71. The highest BCUT2D eigenvalue weighted by Gasteiger charge is 2.14. The van der Waals surface area contributed by atoms with Crippen LogP contribution in [0.5, 0.6) is 17.2 Å². The Morgan fingerprint density at radius 3 is 2.16 bits per heavy atom. The highest BCUT2D eigenvalue weighted by Crippen LogP contribution is 2.24. The lowest BCUT2D eigenvalue weighted by Gasteiger charge is -2.08. The number of aromatic hydroxyl groups is 1. The number of unbranched alkanes of at least 4 members (excludes halogenated alkanes) is 3. The summed E-state index contributed by atoms with van der Waals surface area (Å²) in [6, 6.07) is 9.93. The summed E-state index contributed by atoms with van der Waals surface area (Å²) in [6.07, 6.45) is 3.47. The van der Waals surface area contributed by atoms with E-state index in [0.29, 0.717) is 24.5 Å². The molecule has 32 heavy (non-hydrogen) atoms. The number of carboxylic acids is 1. The molecule has 8 heteroatoms. The van der Waals surface area contributed by atoms with Crippen molar-refractivity contribution in [2.45, 2.75) is 32.6 Å². The first kappa shape index (κ1) is 24.5. The van der Waals surface area contributed by atoms with Gasteiger partial charge < -0.3 is 24.4 Å². The number of hydrogen-bond acceptors (Lipinski definition) is 7. The third-order valence-electron chi connectivity index (χ3n) is 4.39. The molecule has 2 rings (SSSR count). The summed E-state index contributed by atoms with van der Waals surface area (Å²) >= 11 is 0. The van der Waals surface area contributed by atoms with E-state index in [0.717, 1.165) is 37.8 Å². The van der Waals surface area contributed by atoms with E-state index < -0.39 is 17.7 Å². The Morgan fingerprint density at radius 1 is 0.906 bits per heavy atom. The first-order valence-corrected chi connectivity index (χ1v) is 10.1. The maximum atomic E-state index is 12.2. The van der Waals surface area contributed by atoms with Gasteiger partial charge in [-0.15, -0.1) is 0 Å². The molecule has 0 unspecified atom stereocenters. The molecule has 0 aliphatic rings. The smallest absolute Gasteiger partial charge is 0.343 e. The van der Waals surface area contributed by atoms with E-state index >= 15 is 0 Å². The van der Waals surface area contributed by atoms with E-state index in [1.165, 1.54) is 6.07 Å². The van der Waals surface area contributed by atoms with Gasteiger partial charge in [0.05, 0.1) is 18.8 Å². The van der Waals surface area contributed by atoms with Crippen LogP contribution in [0.4, 0.5) is 0 Å². The van der Waals surface area contributed by atoms with Crippen molar-refractivity contribution in [3.8, 4) is 17.2 Å². The molecular weight excluding hydrogens is 416 g/mol. The number of phenols is 1. The van der Waals surface area contributed by atoms with Crippen molar-refractivity contribution in [3.63, 3.8) is 0 Å². The topological polar surface area (TPSA) is 119 Å². The van der Waals surface area contributed by atoms with Crippen molar-refractivity contribution in [1.82, 2.24) is 0 Å². The highest BCUT2D eigenvalue weighted by atomic mass is 16.5. The standard InChI is InChI=1S/C24H26O8/c1-16(2)23(28)31-14-6-4-3-5-13-30-18-9-7-17(8-10-18)24(29)32-19-11-12-21(25)20(15-19)22(26)27/h7-12,15,25H,1,3-6,13-14H2,2H3,(H,26,27). The maximum Gasteiger partial charge on any atom is 0.343 e. The van der Waals surface area contributed by atoms with Crippen molar-refractivity contribution in [3.05, 3.63) is 65.7 Å². The highest BCUT2D eigenvalue weighted by molar-refractivity contribution is 5.93. The number of benzene rings is 2. The van der Waals surface area contributed by atoms with Gasteiger partial charge >= 0.3 is 17.9 Å². The maximum absolute atomic E-state index is 12.2. The predicted molar refractivity (Wildman–Crippen MR) is 116 cm³/mol. The van der Waals surface area contributed by atoms with E-state index in [1.807, 2.05) is 0 Å². The van der Waals surface area contributed by atoms with Gasteiger partial charge in [-0.3, -0.25) is 0 Å². The fourth-order valence-corrected chi connectivity index (χ4v) is 2.64. The quantitative estimate of drug-likeness (QED) is 0.215. The minimum Gasteiger partial charge on any atom is -0.507 e. The second kappa shape index (κ2) is 12.1. The number of aromatic carboxylic acids is 1. The normalized spacial score (nSPS) is 10.3. The number of carboxylic acid groups (broad SMARTS) is 1. The van der Waals surface area contributed by atoms with Crippen molar-refractivity contribution in [2.75, 3.05) is 13.2 Å². The van der Waals surface area contributed by atoms with Gasteiger partial charge in [0.25, 0.3) is 0 Å². The minimum absolute atomic E-state index is 0.0138. The second-order valence-electron chi connectivity index (χ2n) is 7.08. The van der Waals surface area contributed by atoms with Crippen LogP contribution < -0.4 is 9.47 Å². The monoisotopic (exact) mass is 442 g/mol. The Labute approximate surface area is 186 Å². The summed E-state index contributed by atoms with van der Waals surface area (Å²) in [7, 11) is 0. The molecule has 0 heterocycles. The Kier molecular flexibility index (Phi) is 9.28. The van der Waals surface area contributed by atoms with Crippen LogP contribution in [0.1, 0.15) is 53.3 Å². The first-order chi connectivity index (χ1) is 15.3. The predicted octanol–water partition coefficient (Wildman–Crippen LogP) is 4.37. The molecule has 0 bridgehead atoms. The van der Waals surface area contributed by atoms with Crippen molar-refractivity contribution in [1.29, 1.82) is 0 Å². The Hall–Kier alpha value is -3.81. The summed E-state index contributed by atoms with van der Waals surface area (Å²) in [5.74, 6) is -2.15. The van der Waals surface area contributed by atoms with Crippen LogP contribution in [-0.2, 0) is 9.53 Å². The lowest BCUT2D eigenvalue weighted by atomic mass is 10.2. The van der Waals surface area contributed by atoms with Gasteiger partial charge in [0.15, 0.2) is 0 Å². The van der Waals surface area contributed by atoms with E-state index in [1.54, 1.807) is 31.2 Å². The van der Waals surface area contributed by atoms with E-state index in [2.05, 4.69) is 6.58 Å². The van der Waals surface area contributed by atoms with Crippen LogP contribution >= 0.6 is 0 Å². The van der Waals surface area contributed by atoms with Crippen LogP contribution in [0.15, 0.2) is 54.6 Å². The van der Waals surface area contributed by atoms with E-state index in [-0.39, 0.29) is 22.8 Å². The summed E-state index contributed by atoms with van der Waals surface area (Å²) in [5, 5.41) is 18.5. The molecule has 170 valence electrons. The largest absolute Gasteiger partial charge is 0.507 e. The number of esters is 2. The first-order valence-electron chi connectivity index (χ1n) is 10.1. The molecule has 0 aliphatic carbocycles. The van der Waals surface area contributed by atoms with E-state index in [4.69, 9.17) is 19.3 Å². The summed E-state index contributed by atoms with van der Waals surface area (Å²) in [6.45, 7) is 6.03. The molecule has 0 fully saturated rings. The fraction of sp³-hybridized carbons (Fsp3) is 0.292. The number of carbonyl (C=O) groups excluding carboxylic acids is 2. The number of rotatable bonds is 12. The third-order valence-corrected chi connectivity index (χ3v) is 4.39. The lowest BCUT2D eigenvalue weighted by Crippen LogP contribution is -2.09. The van der Waals surface area contributed by atoms with Gasteiger partial charge in [-0.1, -0.05) is 6.58 Å². The molecule has 2 aromatic carbocycles. The van der Waals surface area contributed by atoms with Crippen molar-refractivity contribution < 1.29 is 38.8 Å². The van der Waals surface area contributed by atoms with Crippen molar-refractivity contribution in [2.24, 2.45) is 0 Å². The molecule has 0 radical (unpaired) electrons. The molecule has 0 saturated carbocycles. The van der Waals surface area contributed by atoms with Gasteiger partial charge in [0.2, 0.25) is 0 Å². The van der Waals surface area contributed by atoms with Crippen LogP contribution in [-0.4, -0.2) is 41.3 Å². The molecule has 0 atom stereocenters. The van der Waals surface area contributed by atoms with Gasteiger partial charge in [-0.2, -0.15) is 0 Å². The van der Waals surface area contributed by atoms with E-state index in [9.17, 15) is 19.5 Å². The van der Waals surface area contributed by atoms with Gasteiger partial charge in [0.1, 0.15) is 22.8 Å². The lowest BCUT2D eigenvalue weighted by molar-refractivity contribution is -0.139. The zero-order valence-corrected chi connectivity index (χ0v) is 17.8. The number of carbonyl (C=O) groups is 3. The van der Waals surface area contributed by atoms with Crippen LogP contribution in [0, 0.1) is 0 Å². The summed E-state index contributed by atoms with van der Waals surface area (Å²) in [5.41, 5.74) is 0.309. The fourth-order valence-electron chi connectivity index (χ4n) is 2.64. The molecule has 0 aromatic heterocycles. The Morgan fingerprint density at radius 2 is 1.53 bits per heavy atom. The van der Waals surface area contributed by atoms with Crippen LogP contribution in [0.3, 0.4) is 0 Å². The molecular formula is C24H26O8. The molecule has 0 saturated heterocycles. The SMILES string of the molecule is C=C(C)C(=O)OCCCCCCOc1ccc(C(=O)Oc2ccc(O)c(C(=O)O)c2)cc1. The van der Waals surface area contributed by atoms with Gasteiger partial charge in [-0.05, 0) is 75.1 Å². The number of ether oxygens (including phenoxy) is 3. The minimum atomic E-state index is -1.33. The second-order valence-corrected chi connectivity index (χ2v) is 7.08. The zero-order chi connectivity index (χ0) is 23.5. The van der Waals surface area contributed by atoms with Crippen molar-refractivity contribution >= 4 is 17.9 Å². The molecule has 2 aromatic rings. The molecule has 8 nitrogen and oxygen atoms in total. The third kappa shape index (κ3) is 7.79. The van der Waals surface area contributed by atoms with Gasteiger partial charge in [0, 0.05) is 5.57 Å². The average Bonchev–Trinajstić information content (AvgIpc) is 2.76. The van der Waals surface area contributed by atoms with Crippen LogP contribution in [0.25, 0.3) is 0 Å². The number of hydrogen-bond donors (Lipinski definition) is 2.